The maximum atomic E-state index is 13.9. The van der Waals surface area contributed by atoms with E-state index in [1.807, 2.05) is 63.2 Å². The standard InChI is InChI=1S/C32H41N3O6S/c1-6-24(3)33-32(37)30(7-2)34(21-25-13-17-28(40-4)18-14-25)31(36)22-35(42(5,38)39)27-15-19-29(20-16-27)41-23-26-11-9-8-10-12-26/h8-20,24,30H,6-7,21-23H2,1-5H3,(H,33,37)/t24-,30+/m0/s1. The van der Waals surface area contributed by atoms with Crippen molar-refractivity contribution in [3.05, 3.63) is 90.0 Å². The third-order valence-corrected chi connectivity index (χ3v) is 8.09. The number of carbonyl (C=O) groups is 2. The highest BCUT2D eigenvalue weighted by atomic mass is 32.2. The summed E-state index contributed by atoms with van der Waals surface area (Å²) in [7, 11) is -2.28. The first-order valence-corrected chi connectivity index (χ1v) is 15.9. The molecule has 42 heavy (non-hydrogen) atoms. The monoisotopic (exact) mass is 595 g/mol. The van der Waals surface area contributed by atoms with Crippen LogP contribution < -0.4 is 19.1 Å². The molecule has 3 rings (SSSR count). The molecular weight excluding hydrogens is 554 g/mol. The van der Waals surface area contributed by atoms with Gasteiger partial charge in [-0.05, 0) is 67.3 Å². The Morgan fingerprint density at radius 1 is 0.857 bits per heavy atom. The van der Waals surface area contributed by atoms with Crippen molar-refractivity contribution in [3.8, 4) is 11.5 Å². The van der Waals surface area contributed by atoms with E-state index in [0.29, 0.717) is 30.2 Å². The number of methoxy groups -OCH3 is 1. The van der Waals surface area contributed by atoms with E-state index in [4.69, 9.17) is 9.47 Å². The van der Waals surface area contributed by atoms with Crippen LogP contribution in [0.25, 0.3) is 0 Å². The van der Waals surface area contributed by atoms with E-state index < -0.39 is 28.5 Å². The fourth-order valence-electron chi connectivity index (χ4n) is 4.35. The fraction of sp³-hybridized carbons (Fsp3) is 0.375. The van der Waals surface area contributed by atoms with E-state index in [1.165, 1.54) is 4.90 Å². The van der Waals surface area contributed by atoms with Gasteiger partial charge < -0.3 is 19.7 Å². The lowest BCUT2D eigenvalue weighted by Crippen LogP contribution is -2.53. The predicted molar refractivity (Wildman–Crippen MR) is 165 cm³/mol. The highest BCUT2D eigenvalue weighted by molar-refractivity contribution is 7.92. The molecule has 0 saturated carbocycles. The van der Waals surface area contributed by atoms with Gasteiger partial charge in [-0.2, -0.15) is 0 Å². The minimum Gasteiger partial charge on any atom is -0.497 e. The average Bonchev–Trinajstić information content (AvgIpc) is 2.99. The molecule has 10 heteroatoms. The largest absolute Gasteiger partial charge is 0.497 e. The highest BCUT2D eigenvalue weighted by Gasteiger charge is 2.32. The topological polar surface area (TPSA) is 105 Å². The Labute approximate surface area is 249 Å². The predicted octanol–water partition coefficient (Wildman–Crippen LogP) is 4.76. The van der Waals surface area contributed by atoms with Gasteiger partial charge in [-0.3, -0.25) is 13.9 Å². The summed E-state index contributed by atoms with van der Waals surface area (Å²) < 4.78 is 37.9. The van der Waals surface area contributed by atoms with Crippen LogP contribution in [-0.4, -0.2) is 57.1 Å². The number of rotatable bonds is 15. The summed E-state index contributed by atoms with van der Waals surface area (Å²) in [6.07, 6.45) is 2.15. The first kappa shape index (κ1) is 32.5. The fourth-order valence-corrected chi connectivity index (χ4v) is 5.20. The van der Waals surface area contributed by atoms with Crippen molar-refractivity contribution < 1.29 is 27.5 Å². The van der Waals surface area contributed by atoms with Gasteiger partial charge in [0.15, 0.2) is 0 Å². The summed E-state index contributed by atoms with van der Waals surface area (Å²) >= 11 is 0. The first-order chi connectivity index (χ1) is 20.0. The number of carbonyl (C=O) groups excluding carboxylic acids is 2. The molecule has 0 aliphatic rings. The van der Waals surface area contributed by atoms with Crippen LogP contribution in [0.1, 0.15) is 44.7 Å². The van der Waals surface area contributed by atoms with Gasteiger partial charge in [0.1, 0.15) is 30.7 Å². The molecule has 0 bridgehead atoms. The first-order valence-electron chi connectivity index (χ1n) is 14.0. The summed E-state index contributed by atoms with van der Waals surface area (Å²) in [6, 6.07) is 22.6. The Kier molecular flexibility index (Phi) is 11.8. The second kappa shape index (κ2) is 15.3. The molecule has 0 radical (unpaired) electrons. The number of benzene rings is 3. The van der Waals surface area contributed by atoms with E-state index in [2.05, 4.69) is 5.32 Å². The zero-order valence-corrected chi connectivity index (χ0v) is 25.8. The van der Waals surface area contributed by atoms with Crippen molar-refractivity contribution in [1.82, 2.24) is 10.2 Å². The van der Waals surface area contributed by atoms with Gasteiger partial charge in [-0.1, -0.05) is 56.3 Å². The van der Waals surface area contributed by atoms with E-state index >= 15 is 0 Å². The molecule has 0 spiro atoms. The molecule has 0 heterocycles. The Morgan fingerprint density at radius 2 is 1.48 bits per heavy atom. The van der Waals surface area contributed by atoms with Crippen molar-refractivity contribution in [1.29, 1.82) is 0 Å². The number of sulfonamides is 1. The second-order valence-corrected chi connectivity index (χ2v) is 12.1. The number of ether oxygens (including phenoxy) is 2. The van der Waals surface area contributed by atoms with E-state index in [9.17, 15) is 18.0 Å². The lowest BCUT2D eigenvalue weighted by Gasteiger charge is -2.33. The zero-order valence-electron chi connectivity index (χ0n) is 24.9. The smallest absolute Gasteiger partial charge is 0.244 e. The summed E-state index contributed by atoms with van der Waals surface area (Å²) in [4.78, 5) is 28.6. The summed E-state index contributed by atoms with van der Waals surface area (Å²) in [5.74, 6) is 0.459. The molecule has 3 aromatic rings. The van der Waals surface area contributed by atoms with E-state index in [-0.39, 0.29) is 18.5 Å². The van der Waals surface area contributed by atoms with Crippen molar-refractivity contribution >= 4 is 27.5 Å². The van der Waals surface area contributed by atoms with Crippen molar-refractivity contribution in [2.24, 2.45) is 0 Å². The van der Waals surface area contributed by atoms with Crippen molar-refractivity contribution in [3.63, 3.8) is 0 Å². The highest BCUT2D eigenvalue weighted by Crippen LogP contribution is 2.24. The van der Waals surface area contributed by atoms with Crippen molar-refractivity contribution in [2.45, 2.75) is 58.8 Å². The Bertz CT molecular complexity index is 1400. The number of nitrogens with one attached hydrogen (secondary N) is 1. The van der Waals surface area contributed by atoms with Crippen LogP contribution in [0.5, 0.6) is 11.5 Å². The van der Waals surface area contributed by atoms with E-state index in [0.717, 1.165) is 28.1 Å². The third-order valence-electron chi connectivity index (χ3n) is 6.95. The minimum absolute atomic E-state index is 0.0698. The molecule has 2 atom stereocenters. The van der Waals surface area contributed by atoms with Gasteiger partial charge in [-0.25, -0.2) is 8.42 Å². The van der Waals surface area contributed by atoms with Gasteiger partial charge in [0, 0.05) is 12.6 Å². The van der Waals surface area contributed by atoms with E-state index in [1.54, 1.807) is 43.5 Å². The van der Waals surface area contributed by atoms with Gasteiger partial charge >= 0.3 is 0 Å². The maximum absolute atomic E-state index is 13.9. The molecule has 0 aromatic heterocycles. The van der Waals surface area contributed by atoms with Crippen LogP contribution in [0.4, 0.5) is 5.69 Å². The molecule has 0 aliphatic carbocycles. The molecule has 2 amide bonds. The average molecular weight is 596 g/mol. The van der Waals surface area contributed by atoms with Gasteiger partial charge in [0.2, 0.25) is 21.8 Å². The normalized spacial score (nSPS) is 12.6. The molecule has 0 fully saturated rings. The van der Waals surface area contributed by atoms with Crippen LogP contribution in [0, 0.1) is 0 Å². The van der Waals surface area contributed by atoms with Crippen LogP contribution in [-0.2, 0) is 32.8 Å². The maximum Gasteiger partial charge on any atom is 0.244 e. The summed E-state index contributed by atoms with van der Waals surface area (Å²) in [5, 5.41) is 2.97. The third kappa shape index (κ3) is 9.24. The summed E-state index contributed by atoms with van der Waals surface area (Å²) in [6.45, 7) is 5.72. The molecular formula is C32H41N3O6S. The lowest BCUT2D eigenvalue weighted by atomic mass is 10.1. The molecule has 1 N–H and O–H groups in total. The summed E-state index contributed by atoms with van der Waals surface area (Å²) in [5.41, 5.74) is 2.11. The Hall–Kier alpha value is -4.05. The minimum atomic E-state index is -3.84. The molecule has 0 unspecified atom stereocenters. The number of nitrogens with zero attached hydrogens (tertiary/aromatic N) is 2. The molecule has 0 saturated heterocycles. The SMILES string of the molecule is CC[C@H](C(=O)N[C@@H](C)CC)N(Cc1ccc(OC)cc1)C(=O)CN(c1ccc(OCc2ccccc2)cc1)S(C)(=O)=O. The van der Waals surface area contributed by atoms with Crippen LogP contribution in [0.3, 0.4) is 0 Å². The van der Waals surface area contributed by atoms with Crippen LogP contribution in [0.15, 0.2) is 78.9 Å². The van der Waals surface area contributed by atoms with Gasteiger partial charge in [0.25, 0.3) is 0 Å². The molecule has 3 aromatic carbocycles. The Balaban J connectivity index is 1.86. The molecule has 9 nitrogen and oxygen atoms in total. The zero-order chi connectivity index (χ0) is 30.7. The van der Waals surface area contributed by atoms with Gasteiger partial charge in [0.05, 0.1) is 19.1 Å². The van der Waals surface area contributed by atoms with Crippen molar-refractivity contribution in [2.75, 3.05) is 24.2 Å². The number of hydrogen-bond acceptors (Lipinski definition) is 6. The molecule has 226 valence electrons. The molecule has 0 aliphatic heterocycles. The number of amides is 2. The quantitative estimate of drug-likeness (QED) is 0.272. The lowest BCUT2D eigenvalue weighted by molar-refractivity contribution is -0.140. The van der Waals surface area contributed by atoms with Crippen LogP contribution in [0.2, 0.25) is 0 Å². The van der Waals surface area contributed by atoms with Gasteiger partial charge in [-0.15, -0.1) is 0 Å². The van der Waals surface area contributed by atoms with Crippen LogP contribution >= 0.6 is 0 Å². The second-order valence-electron chi connectivity index (χ2n) is 10.1. The number of hydrogen-bond donors (Lipinski definition) is 1. The number of anilines is 1. The Morgan fingerprint density at radius 3 is 2.02 bits per heavy atom.